The van der Waals surface area contributed by atoms with Crippen LogP contribution in [0.5, 0.6) is 0 Å². The quantitative estimate of drug-likeness (QED) is 0.308. The van der Waals surface area contributed by atoms with Crippen molar-refractivity contribution in [3.63, 3.8) is 0 Å². The zero-order chi connectivity index (χ0) is 27.7. The summed E-state index contributed by atoms with van der Waals surface area (Å²) in [5, 5.41) is 0. The number of carbonyl (C=O) groups is 2. The van der Waals surface area contributed by atoms with Crippen molar-refractivity contribution in [2.75, 3.05) is 11.9 Å². The number of amides is 1. The molecule has 1 fully saturated rings. The van der Waals surface area contributed by atoms with E-state index in [0.29, 0.717) is 28.8 Å². The van der Waals surface area contributed by atoms with Crippen molar-refractivity contribution in [3.05, 3.63) is 47.1 Å². The molecule has 204 valence electrons. The van der Waals surface area contributed by atoms with Crippen molar-refractivity contribution in [2.24, 2.45) is 11.8 Å². The number of nitrogens with zero attached hydrogens (tertiary/aromatic N) is 1. The van der Waals surface area contributed by atoms with Crippen molar-refractivity contribution in [1.82, 2.24) is 0 Å². The number of rotatable bonds is 1. The van der Waals surface area contributed by atoms with Crippen LogP contribution in [0.25, 0.3) is 6.08 Å². The molecular formula is C30H43NO6. The molecule has 1 amide bonds. The molecule has 1 saturated heterocycles. The largest absolute Gasteiger partial charge is 0.458 e. The molecule has 7 heteroatoms. The van der Waals surface area contributed by atoms with Crippen LogP contribution in [-0.2, 0) is 18.9 Å². The van der Waals surface area contributed by atoms with Crippen molar-refractivity contribution in [3.8, 4) is 0 Å². The van der Waals surface area contributed by atoms with Crippen molar-refractivity contribution >= 4 is 23.8 Å². The summed E-state index contributed by atoms with van der Waals surface area (Å²) in [6.07, 6.45) is 7.70. The van der Waals surface area contributed by atoms with Crippen LogP contribution in [0, 0.1) is 18.8 Å². The van der Waals surface area contributed by atoms with Gasteiger partial charge in [0.05, 0.1) is 17.8 Å². The Hall–Kier alpha value is -2.64. The minimum atomic E-state index is -0.672. The van der Waals surface area contributed by atoms with Crippen molar-refractivity contribution < 1.29 is 28.5 Å². The Morgan fingerprint density at radius 3 is 2.38 bits per heavy atom. The van der Waals surface area contributed by atoms with E-state index in [4.69, 9.17) is 18.9 Å². The zero-order valence-electron chi connectivity index (χ0n) is 24.0. The Morgan fingerprint density at radius 1 is 1.08 bits per heavy atom. The van der Waals surface area contributed by atoms with Gasteiger partial charge in [0.1, 0.15) is 11.7 Å². The molecule has 0 unspecified atom stereocenters. The van der Waals surface area contributed by atoms with Gasteiger partial charge in [-0.2, -0.15) is 0 Å². The molecular weight excluding hydrogens is 470 g/mol. The van der Waals surface area contributed by atoms with Gasteiger partial charge in [0.2, 0.25) is 0 Å². The number of benzene rings is 1. The highest BCUT2D eigenvalue weighted by Crippen LogP contribution is 2.35. The number of hydrogen-bond acceptors (Lipinski definition) is 6. The molecule has 0 bridgehead atoms. The van der Waals surface area contributed by atoms with E-state index < -0.39 is 17.5 Å². The normalized spacial score (nSPS) is 28.9. The average Bonchev–Trinajstić information content (AvgIpc) is 3.08. The van der Waals surface area contributed by atoms with Crippen molar-refractivity contribution in [1.29, 1.82) is 0 Å². The predicted molar refractivity (Wildman–Crippen MR) is 146 cm³/mol. The molecule has 0 N–H and O–H groups in total. The topological polar surface area (TPSA) is 74.3 Å². The monoisotopic (exact) mass is 513 g/mol. The first-order chi connectivity index (χ1) is 17.1. The second-order valence-corrected chi connectivity index (χ2v) is 11.8. The smallest absolute Gasteiger partial charge is 0.414 e. The van der Waals surface area contributed by atoms with Gasteiger partial charge in [0, 0.05) is 24.6 Å². The van der Waals surface area contributed by atoms with Gasteiger partial charge in [-0.15, -0.1) is 0 Å². The zero-order valence-corrected chi connectivity index (χ0v) is 24.0. The van der Waals surface area contributed by atoms with Gasteiger partial charge < -0.3 is 18.9 Å². The van der Waals surface area contributed by atoms with Crippen LogP contribution >= 0.6 is 0 Å². The van der Waals surface area contributed by atoms with E-state index in [1.165, 1.54) is 4.90 Å². The molecule has 2 heterocycles. The Labute approximate surface area is 221 Å². The van der Waals surface area contributed by atoms with Gasteiger partial charge in [-0.3, -0.25) is 4.90 Å². The van der Waals surface area contributed by atoms with E-state index in [2.05, 4.69) is 19.1 Å². The molecule has 0 spiro atoms. The molecule has 0 saturated carbocycles. The summed E-state index contributed by atoms with van der Waals surface area (Å²) >= 11 is 0. The molecule has 3 rings (SSSR count). The molecule has 2 aliphatic heterocycles. The lowest BCUT2D eigenvalue weighted by Crippen LogP contribution is -2.34. The van der Waals surface area contributed by atoms with Crippen LogP contribution in [0.3, 0.4) is 0 Å². The summed E-state index contributed by atoms with van der Waals surface area (Å²) < 4.78 is 23.9. The Kier molecular flexibility index (Phi) is 8.60. The Bertz CT molecular complexity index is 1070. The highest BCUT2D eigenvalue weighted by atomic mass is 16.8. The van der Waals surface area contributed by atoms with E-state index in [0.717, 1.165) is 0 Å². The molecule has 1 aromatic rings. The summed E-state index contributed by atoms with van der Waals surface area (Å²) in [7, 11) is 1.66. The number of fused-ring (bicyclic) bond motifs is 2. The maximum Gasteiger partial charge on any atom is 0.414 e. The molecule has 37 heavy (non-hydrogen) atoms. The molecule has 2 aliphatic rings. The summed E-state index contributed by atoms with van der Waals surface area (Å²) in [5.41, 5.74) is 1.87. The number of aryl methyl sites for hydroxylation is 1. The fraction of sp³-hybridized carbons (Fsp3) is 0.600. The summed E-state index contributed by atoms with van der Waals surface area (Å²) in [6.45, 7) is 17.3. The fourth-order valence-electron chi connectivity index (χ4n) is 4.61. The third kappa shape index (κ3) is 7.23. The van der Waals surface area contributed by atoms with Crippen LogP contribution in [0.1, 0.15) is 83.3 Å². The maximum atomic E-state index is 13.4. The van der Waals surface area contributed by atoms with Crippen LogP contribution in [0.15, 0.2) is 30.4 Å². The standard InChI is InChI=1S/C30H43NO6/c1-18-14-15-19(2)26-24(35-30(8,9)36-26)13-11-12-22-17-23(31(10)28(33)37-29(5,6)7)16-20(3)25(22)27(32)34-21(18)4/h11-12,14-19,21,24,26H,13H2,1-10H3/b12-11?,15-14-/t18-,19-,21+,24+,26+/m1/s1. The molecule has 0 aliphatic carbocycles. The van der Waals surface area contributed by atoms with Crippen LogP contribution in [-0.4, -0.2) is 48.8 Å². The molecule has 7 nitrogen and oxygen atoms in total. The lowest BCUT2D eigenvalue weighted by Gasteiger charge is -2.26. The van der Waals surface area contributed by atoms with Crippen LogP contribution in [0.2, 0.25) is 0 Å². The third-order valence-corrected chi connectivity index (χ3v) is 6.77. The first-order valence-electron chi connectivity index (χ1n) is 13.1. The van der Waals surface area contributed by atoms with Crippen LogP contribution in [0.4, 0.5) is 10.5 Å². The number of carbonyl (C=O) groups excluding carboxylic acids is 2. The van der Waals surface area contributed by atoms with Gasteiger partial charge in [-0.1, -0.05) is 38.2 Å². The highest BCUT2D eigenvalue weighted by molar-refractivity contribution is 5.97. The van der Waals surface area contributed by atoms with Gasteiger partial charge >= 0.3 is 12.1 Å². The van der Waals surface area contributed by atoms with E-state index in [-0.39, 0.29) is 36.1 Å². The minimum absolute atomic E-state index is 0.0139. The SMILES string of the molecule is Cc1cc(N(C)C(=O)OC(C)(C)C)cc2c1C(=O)O[C@@H](C)[C@H](C)/C=C\[C@@H](C)[C@@H]1OC(C)(C)O[C@H]1CC=C2. The molecule has 5 atom stereocenters. The maximum absolute atomic E-state index is 13.4. The number of esters is 1. The van der Waals surface area contributed by atoms with Gasteiger partial charge in [0.25, 0.3) is 0 Å². The number of cyclic esters (lactones) is 1. The Morgan fingerprint density at radius 2 is 1.73 bits per heavy atom. The molecule has 0 radical (unpaired) electrons. The molecule has 0 aromatic heterocycles. The summed E-state index contributed by atoms with van der Waals surface area (Å²) in [6, 6.07) is 3.63. The number of ether oxygens (including phenoxy) is 4. The average molecular weight is 514 g/mol. The lowest BCUT2D eigenvalue weighted by molar-refractivity contribution is -0.148. The number of anilines is 1. The first-order valence-corrected chi connectivity index (χ1v) is 13.1. The van der Waals surface area contributed by atoms with Crippen molar-refractivity contribution in [2.45, 2.75) is 98.4 Å². The Balaban J connectivity index is 2.04. The van der Waals surface area contributed by atoms with E-state index in [9.17, 15) is 9.59 Å². The second-order valence-electron chi connectivity index (χ2n) is 11.8. The minimum Gasteiger partial charge on any atom is -0.458 e. The van der Waals surface area contributed by atoms with Gasteiger partial charge in [-0.25, -0.2) is 9.59 Å². The summed E-state index contributed by atoms with van der Waals surface area (Å²) in [4.78, 5) is 27.5. The van der Waals surface area contributed by atoms with E-state index in [1.807, 2.05) is 79.7 Å². The molecule has 1 aromatic carbocycles. The van der Waals surface area contributed by atoms with Crippen LogP contribution < -0.4 is 4.90 Å². The lowest BCUT2D eigenvalue weighted by atomic mass is 9.94. The van der Waals surface area contributed by atoms with E-state index in [1.54, 1.807) is 7.05 Å². The fourth-order valence-corrected chi connectivity index (χ4v) is 4.61. The third-order valence-electron chi connectivity index (χ3n) is 6.77. The van der Waals surface area contributed by atoms with Gasteiger partial charge in [0.15, 0.2) is 5.79 Å². The summed E-state index contributed by atoms with van der Waals surface area (Å²) in [5.74, 6) is -0.923. The van der Waals surface area contributed by atoms with E-state index >= 15 is 0 Å². The first kappa shape index (κ1) is 28.9. The number of hydrogen-bond donors (Lipinski definition) is 0. The highest BCUT2D eigenvalue weighted by Gasteiger charge is 2.42. The second kappa shape index (κ2) is 11.0. The predicted octanol–water partition coefficient (Wildman–Crippen LogP) is 6.68. The van der Waals surface area contributed by atoms with Gasteiger partial charge in [-0.05, 0) is 78.1 Å².